The van der Waals surface area contributed by atoms with Gasteiger partial charge >= 0.3 is 6.09 Å². The van der Waals surface area contributed by atoms with Gasteiger partial charge in [0.15, 0.2) is 46.3 Å². The fourth-order valence-corrected chi connectivity index (χ4v) is 13.6. The van der Waals surface area contributed by atoms with Crippen LogP contribution in [0.3, 0.4) is 0 Å². The van der Waals surface area contributed by atoms with Crippen LogP contribution in [-0.2, 0) is 43.1 Å². The third-order valence-electron chi connectivity index (χ3n) is 20.0. The monoisotopic (exact) mass is 1610 g/mol. The predicted molar refractivity (Wildman–Crippen MR) is 489 cm³/mol. The first kappa shape index (κ1) is 103. The Bertz CT molecular complexity index is 4150. The average molecular weight is 1610 g/mol. The van der Waals surface area contributed by atoms with Crippen molar-refractivity contribution in [1.82, 2.24) is 10.6 Å². The van der Waals surface area contributed by atoms with Crippen molar-refractivity contribution < 1.29 is 52.7 Å². The molecule has 13 nitrogen and oxygen atoms in total. The molecule has 0 aliphatic heterocycles. The number of hydrogen-bond donors (Lipinski definition) is 2. The lowest BCUT2D eigenvalue weighted by atomic mass is 9.93. The molecule has 8 atom stereocenters. The van der Waals surface area contributed by atoms with Gasteiger partial charge in [0.25, 0.3) is 5.91 Å². The van der Waals surface area contributed by atoms with Crippen LogP contribution in [0.1, 0.15) is 264 Å². The Labute approximate surface area is 710 Å². The molecule has 0 spiro atoms. The van der Waals surface area contributed by atoms with Gasteiger partial charge in [0, 0.05) is 85.7 Å². The minimum atomic E-state index is -0.543. The normalized spacial score (nSPS) is 23.3. The van der Waals surface area contributed by atoms with Crippen molar-refractivity contribution >= 4 is 64.3 Å². The number of allylic oxidation sites excluding steroid dienone is 27. The van der Waals surface area contributed by atoms with Crippen LogP contribution >= 0.6 is 0 Å². The van der Waals surface area contributed by atoms with Gasteiger partial charge in [0.1, 0.15) is 5.60 Å². The molecule has 2 aromatic carbocycles. The summed E-state index contributed by atoms with van der Waals surface area (Å²) in [5.41, 5.74) is 8.30. The number of carbonyl (C=O) groups excluding carboxylic acids is 10. The van der Waals surface area contributed by atoms with E-state index in [9.17, 15) is 47.9 Å². The Morgan fingerprint density at radius 1 is 0.373 bits per heavy atom. The predicted octanol–water partition coefficient (Wildman–Crippen LogP) is 24.6. The second-order valence-corrected chi connectivity index (χ2v) is 34.3. The van der Waals surface area contributed by atoms with Crippen molar-refractivity contribution in [3.05, 3.63) is 256 Å². The van der Waals surface area contributed by atoms with E-state index < -0.39 is 11.7 Å². The zero-order valence-corrected chi connectivity index (χ0v) is 75.4. The number of carbonyl (C=O) groups is 10. The first-order valence-corrected chi connectivity index (χ1v) is 43.8. The van der Waals surface area contributed by atoms with Crippen LogP contribution in [0.2, 0.25) is 0 Å². The van der Waals surface area contributed by atoms with Crippen molar-refractivity contribution in [1.29, 1.82) is 0 Å². The Balaban J connectivity index is 0.000000350. The summed E-state index contributed by atoms with van der Waals surface area (Å²) < 4.78 is 5.17. The van der Waals surface area contributed by atoms with Crippen molar-refractivity contribution in [2.45, 2.75) is 266 Å². The van der Waals surface area contributed by atoms with Crippen LogP contribution in [0.15, 0.2) is 245 Å². The molecular weight excluding hydrogens is 1470 g/mol. The zero-order valence-electron chi connectivity index (χ0n) is 75.4. The molecular formula is C105H144N2O11. The molecule has 2 N–H and O–H groups in total. The molecule has 0 saturated carbocycles. The van der Waals surface area contributed by atoms with Crippen LogP contribution in [0, 0.1) is 65.1 Å². The second kappa shape index (κ2) is 55.2. The lowest BCUT2D eigenvalue weighted by molar-refractivity contribution is -0.112. The van der Waals surface area contributed by atoms with E-state index in [-0.39, 0.29) is 82.0 Å². The standard InChI is InChI=1S/C16H17NO2.C14H21NO3.C14H22O.C13H12O.2C13H20O.C12H18O.C10H14O/c1-11(2)10-13-14(8-9-15(13)18)17-16(19)12-6-4-3-5-7-12;1-9(2)8-10-11(6-7-12(10)16)15-13(17)18-14(3,4)5;1-4-5-6-12-8-10-14(15)13(12)9-7-11(2)3;1-10-7-8-13(14)12(10)9-11-5-3-2-4-6-11;1-4-5-6-11-7-8-13(14)12(11)9-10(2)3;1-3-4-5-6-7-8-12-11(2)9-10-13(12)14;1-3-4-5-6-7-11-10(2)8-9-12(11)13;1-7(2)6-9-8(3)4-5-10(9)11/h3-11,14H,1-2H3,(H,17,19);6-9,11H,1-5H3,(H,15,17);8-12H,4-7H2,1-3H3;2-10H,1H3;7-11H,4-6H2,1-3H3;8-11H,3-7H2,1-2H3;7-10H,3-6H2,1-2H3;4-8H,1-3H3/b13-10+;10-8+;13-9+;2*12-9+;12-8+;11-7+;9-6+. The average Bonchev–Trinajstić information content (AvgIpc) is 1.70. The molecule has 10 rings (SSSR count). The highest BCUT2D eigenvalue weighted by Crippen LogP contribution is 2.31. The number of hydrogen-bond acceptors (Lipinski definition) is 11. The van der Waals surface area contributed by atoms with Crippen LogP contribution in [0.4, 0.5) is 4.79 Å². The number of nitrogens with one attached hydrogen (secondary N) is 2. The van der Waals surface area contributed by atoms with E-state index in [0.29, 0.717) is 64.1 Å². The van der Waals surface area contributed by atoms with E-state index >= 15 is 0 Å². The van der Waals surface area contributed by atoms with Crippen LogP contribution < -0.4 is 10.6 Å². The van der Waals surface area contributed by atoms with Gasteiger partial charge < -0.3 is 15.4 Å². The van der Waals surface area contributed by atoms with Gasteiger partial charge in [0.2, 0.25) is 0 Å². The fourth-order valence-electron chi connectivity index (χ4n) is 13.6. The number of ketones is 8. The van der Waals surface area contributed by atoms with Gasteiger partial charge in [-0.2, -0.15) is 0 Å². The van der Waals surface area contributed by atoms with Gasteiger partial charge in [-0.25, -0.2) is 4.79 Å². The summed E-state index contributed by atoms with van der Waals surface area (Å²) >= 11 is 0. The highest BCUT2D eigenvalue weighted by molar-refractivity contribution is 6.12. The Hall–Kier alpha value is -9.62. The number of ether oxygens (including phenoxy) is 1. The second-order valence-electron chi connectivity index (χ2n) is 34.3. The van der Waals surface area contributed by atoms with Gasteiger partial charge in [-0.15, -0.1) is 0 Å². The van der Waals surface area contributed by atoms with Gasteiger partial charge in [-0.05, 0) is 168 Å². The Kier molecular flexibility index (Phi) is 48.0. The highest BCUT2D eigenvalue weighted by atomic mass is 16.6. The molecule has 0 bridgehead atoms. The summed E-state index contributed by atoms with van der Waals surface area (Å²) in [7, 11) is 0. The number of alkyl carbamates (subject to hydrolysis) is 1. The highest BCUT2D eigenvalue weighted by Gasteiger charge is 2.30. The molecule has 0 heterocycles. The lowest BCUT2D eigenvalue weighted by Crippen LogP contribution is -2.38. The summed E-state index contributed by atoms with van der Waals surface area (Å²) in [6, 6.07) is 18.2. The van der Waals surface area contributed by atoms with Gasteiger partial charge in [0.05, 0.1) is 12.1 Å². The van der Waals surface area contributed by atoms with Gasteiger partial charge in [-0.3, -0.25) is 43.2 Å². The minimum absolute atomic E-state index is 0.0212. The fraction of sp³-hybridized carbons (Fsp3) is 0.486. The molecule has 8 aliphatic rings. The van der Waals surface area contributed by atoms with Crippen LogP contribution in [0.5, 0.6) is 0 Å². The lowest BCUT2D eigenvalue weighted by Gasteiger charge is -2.21. The largest absolute Gasteiger partial charge is 0.444 e. The van der Waals surface area contributed by atoms with Crippen LogP contribution in [0.25, 0.3) is 6.08 Å². The molecule has 118 heavy (non-hydrogen) atoms. The van der Waals surface area contributed by atoms with Crippen molar-refractivity contribution in [3.63, 3.8) is 0 Å². The van der Waals surface area contributed by atoms with E-state index in [1.54, 1.807) is 81.5 Å². The summed E-state index contributed by atoms with van der Waals surface area (Å²) in [6.07, 6.45) is 63.4. The van der Waals surface area contributed by atoms with E-state index in [1.165, 1.54) is 82.8 Å². The number of rotatable bonds is 25. The Morgan fingerprint density at radius 2 is 0.712 bits per heavy atom. The van der Waals surface area contributed by atoms with Crippen molar-refractivity contribution in [2.24, 2.45) is 65.1 Å². The number of benzene rings is 2. The van der Waals surface area contributed by atoms with Crippen LogP contribution in [-0.4, -0.2) is 76.0 Å². The summed E-state index contributed by atoms with van der Waals surface area (Å²) in [4.78, 5) is 115. The SMILES string of the molecule is CC(C)/C=C1/C(=O)C=CC1C.CC(C)/C=C1/C(=O)C=CC1NC(=O)OC(C)(C)C.CC(C)/C=C1/C(=O)C=CC1NC(=O)c1ccccc1.CC1C=CC(=O)/C1=C/c1ccccc1.CCCCC/C=C1/C(=O)C=CC1C.CCCCC1C=CC(=O)/C1=C/C(C)C.CCCCC1C=CC(=O)/C1=C/CC(C)C.CCCCCC/C=C1/C(=O)C=CC1C. The number of amides is 2. The summed E-state index contributed by atoms with van der Waals surface area (Å²) in [5, 5.41) is 5.55. The maximum Gasteiger partial charge on any atom is 0.408 e. The molecule has 0 aromatic heterocycles. The number of unbranched alkanes of at least 4 members (excludes halogenated alkanes) is 9. The summed E-state index contributed by atoms with van der Waals surface area (Å²) in [6.45, 7) is 43.2. The molecule has 0 saturated heterocycles. The zero-order chi connectivity index (χ0) is 88.0. The maximum atomic E-state index is 12.1. The minimum Gasteiger partial charge on any atom is -0.444 e. The third kappa shape index (κ3) is 39.3. The molecule has 8 aliphatic carbocycles. The molecule has 2 amide bonds. The smallest absolute Gasteiger partial charge is 0.408 e. The van der Waals surface area contributed by atoms with Gasteiger partial charge in [-0.1, -0.05) is 322 Å². The summed E-state index contributed by atoms with van der Waals surface area (Å²) in [5.74, 6) is 5.13. The van der Waals surface area contributed by atoms with Crippen molar-refractivity contribution in [3.8, 4) is 0 Å². The van der Waals surface area contributed by atoms with E-state index in [2.05, 4.69) is 137 Å². The Morgan fingerprint density at radius 3 is 1.12 bits per heavy atom. The van der Waals surface area contributed by atoms with E-state index in [4.69, 9.17) is 4.74 Å². The molecule has 0 fully saturated rings. The molecule has 640 valence electrons. The maximum absolute atomic E-state index is 12.1. The van der Waals surface area contributed by atoms with E-state index in [1.807, 2.05) is 132 Å². The third-order valence-corrected chi connectivity index (χ3v) is 20.0. The van der Waals surface area contributed by atoms with E-state index in [0.717, 1.165) is 71.1 Å². The molecule has 2 aromatic rings. The molecule has 0 radical (unpaired) electrons. The molecule has 13 heteroatoms. The first-order valence-electron chi connectivity index (χ1n) is 43.8. The topological polar surface area (TPSA) is 204 Å². The molecule has 8 unspecified atom stereocenters. The quantitative estimate of drug-likeness (QED) is 0.0707. The first-order chi connectivity index (χ1) is 55.9. The van der Waals surface area contributed by atoms with Crippen molar-refractivity contribution in [2.75, 3.05) is 0 Å².